The molecule has 0 spiro atoms. The predicted octanol–water partition coefficient (Wildman–Crippen LogP) is 4.78. The predicted molar refractivity (Wildman–Crippen MR) is 88.5 cm³/mol. The maximum Gasteiger partial charge on any atom is 0.0456 e. The molecule has 0 atom stereocenters. The number of aromatic nitrogens is 1. The van der Waals surface area contributed by atoms with Gasteiger partial charge in [-0.1, -0.05) is 26.0 Å². The van der Waals surface area contributed by atoms with Crippen LogP contribution >= 0.6 is 0 Å². The summed E-state index contributed by atoms with van der Waals surface area (Å²) < 4.78 is 0. The van der Waals surface area contributed by atoms with Gasteiger partial charge in [-0.05, 0) is 61.6 Å². The standard InChI is InChI=1S/C18H24N2/c1-5-15-11-14-10-13(8-9-18(14)20-15)16(6-2)12(4)17(19)7-3/h6,8-11,20H,5,7,19H2,1-4H3/b16-6+,17-12-. The quantitative estimate of drug-likeness (QED) is 0.770. The molecule has 2 rings (SSSR count). The lowest BCUT2D eigenvalue weighted by Gasteiger charge is -2.11. The van der Waals surface area contributed by atoms with Crippen molar-refractivity contribution < 1.29 is 0 Å². The summed E-state index contributed by atoms with van der Waals surface area (Å²) in [7, 11) is 0. The van der Waals surface area contributed by atoms with Gasteiger partial charge < -0.3 is 10.7 Å². The molecule has 0 amide bonds. The van der Waals surface area contributed by atoms with E-state index in [1.165, 1.54) is 33.3 Å². The topological polar surface area (TPSA) is 41.8 Å². The molecule has 0 saturated heterocycles. The van der Waals surface area contributed by atoms with Crippen LogP contribution in [0.1, 0.15) is 45.4 Å². The third kappa shape index (κ3) is 2.64. The zero-order valence-corrected chi connectivity index (χ0v) is 12.9. The fourth-order valence-electron chi connectivity index (χ4n) is 2.59. The molecule has 0 saturated carbocycles. The van der Waals surface area contributed by atoms with Crippen molar-refractivity contribution in [1.82, 2.24) is 4.98 Å². The molecule has 0 aliphatic carbocycles. The van der Waals surface area contributed by atoms with E-state index < -0.39 is 0 Å². The first-order chi connectivity index (χ1) is 9.60. The Balaban J connectivity index is 2.51. The van der Waals surface area contributed by atoms with Gasteiger partial charge in [0.1, 0.15) is 0 Å². The zero-order chi connectivity index (χ0) is 14.7. The van der Waals surface area contributed by atoms with E-state index in [9.17, 15) is 0 Å². The lowest BCUT2D eigenvalue weighted by molar-refractivity contribution is 1.04. The number of nitrogens with one attached hydrogen (secondary N) is 1. The van der Waals surface area contributed by atoms with Crippen molar-refractivity contribution in [2.45, 2.75) is 40.5 Å². The molecule has 20 heavy (non-hydrogen) atoms. The molecule has 0 aliphatic heterocycles. The Bertz CT molecular complexity index is 672. The Kier molecular flexibility index (Phi) is 4.33. The molecule has 106 valence electrons. The van der Waals surface area contributed by atoms with E-state index in [0.717, 1.165) is 18.5 Å². The molecular weight excluding hydrogens is 244 g/mol. The van der Waals surface area contributed by atoms with Crippen molar-refractivity contribution >= 4 is 16.5 Å². The fourth-order valence-corrected chi connectivity index (χ4v) is 2.59. The van der Waals surface area contributed by atoms with Gasteiger partial charge in [0.05, 0.1) is 0 Å². The minimum atomic E-state index is 0.884. The van der Waals surface area contributed by atoms with Crippen LogP contribution in [0.3, 0.4) is 0 Å². The average Bonchev–Trinajstić information content (AvgIpc) is 2.89. The Morgan fingerprint density at radius 3 is 2.60 bits per heavy atom. The van der Waals surface area contributed by atoms with Gasteiger partial charge in [0, 0.05) is 22.3 Å². The number of nitrogens with two attached hydrogens (primary N) is 1. The van der Waals surface area contributed by atoms with Gasteiger partial charge in [0.25, 0.3) is 0 Å². The van der Waals surface area contributed by atoms with Crippen LogP contribution in [0.2, 0.25) is 0 Å². The number of aromatic amines is 1. The molecule has 3 N–H and O–H groups in total. The van der Waals surface area contributed by atoms with Crippen LogP contribution in [0.4, 0.5) is 0 Å². The molecule has 2 aromatic rings. The van der Waals surface area contributed by atoms with E-state index in [4.69, 9.17) is 5.73 Å². The van der Waals surface area contributed by atoms with Crippen LogP contribution in [0.25, 0.3) is 16.5 Å². The summed E-state index contributed by atoms with van der Waals surface area (Å²) in [4.78, 5) is 3.44. The van der Waals surface area contributed by atoms with Crippen molar-refractivity contribution in [3.63, 3.8) is 0 Å². The minimum absolute atomic E-state index is 0.884. The number of hydrogen-bond acceptors (Lipinski definition) is 1. The van der Waals surface area contributed by atoms with Crippen molar-refractivity contribution in [1.29, 1.82) is 0 Å². The maximum absolute atomic E-state index is 6.10. The highest BCUT2D eigenvalue weighted by Gasteiger charge is 2.08. The molecule has 2 heteroatoms. The Labute approximate surface area is 121 Å². The van der Waals surface area contributed by atoms with Gasteiger partial charge in [-0.3, -0.25) is 0 Å². The summed E-state index contributed by atoms with van der Waals surface area (Å²) in [5.74, 6) is 0. The van der Waals surface area contributed by atoms with Gasteiger partial charge in [-0.15, -0.1) is 0 Å². The smallest absolute Gasteiger partial charge is 0.0456 e. The molecule has 0 unspecified atom stereocenters. The highest BCUT2D eigenvalue weighted by molar-refractivity contribution is 5.88. The van der Waals surface area contributed by atoms with E-state index in [0.29, 0.717) is 0 Å². The zero-order valence-electron chi connectivity index (χ0n) is 12.9. The molecule has 0 bridgehead atoms. The SMILES string of the molecule is C/C=C(\C(C)=C(/N)CC)c1ccc2[nH]c(CC)cc2c1. The monoisotopic (exact) mass is 268 g/mol. The third-order valence-electron chi connectivity index (χ3n) is 3.92. The average molecular weight is 268 g/mol. The Morgan fingerprint density at radius 1 is 1.25 bits per heavy atom. The molecule has 0 fully saturated rings. The first kappa shape index (κ1) is 14.4. The summed E-state index contributed by atoms with van der Waals surface area (Å²) in [6.45, 7) is 8.43. The molecule has 0 aliphatic rings. The first-order valence-corrected chi connectivity index (χ1v) is 7.34. The number of rotatable bonds is 4. The van der Waals surface area contributed by atoms with Crippen LogP contribution in [-0.2, 0) is 6.42 Å². The summed E-state index contributed by atoms with van der Waals surface area (Å²) >= 11 is 0. The molecular formula is C18H24N2. The van der Waals surface area contributed by atoms with Gasteiger partial charge in [0.2, 0.25) is 0 Å². The van der Waals surface area contributed by atoms with Crippen molar-refractivity contribution in [3.8, 4) is 0 Å². The summed E-state index contributed by atoms with van der Waals surface area (Å²) in [5, 5.41) is 1.27. The lowest BCUT2D eigenvalue weighted by atomic mass is 9.95. The minimum Gasteiger partial charge on any atom is -0.402 e. The maximum atomic E-state index is 6.10. The van der Waals surface area contributed by atoms with Crippen LogP contribution in [0.5, 0.6) is 0 Å². The van der Waals surface area contributed by atoms with E-state index in [1.807, 2.05) is 0 Å². The number of hydrogen-bond donors (Lipinski definition) is 2. The van der Waals surface area contributed by atoms with Crippen LogP contribution in [0, 0.1) is 0 Å². The Hall–Kier alpha value is -1.96. The second kappa shape index (κ2) is 6.00. The molecule has 1 heterocycles. The molecule has 0 radical (unpaired) electrons. The molecule has 1 aromatic carbocycles. The van der Waals surface area contributed by atoms with E-state index in [1.54, 1.807) is 0 Å². The van der Waals surface area contributed by atoms with Gasteiger partial charge in [-0.2, -0.15) is 0 Å². The van der Waals surface area contributed by atoms with Crippen LogP contribution < -0.4 is 5.73 Å². The summed E-state index contributed by atoms with van der Waals surface area (Å²) in [6.07, 6.45) is 4.06. The van der Waals surface area contributed by atoms with Gasteiger partial charge >= 0.3 is 0 Å². The second-order valence-corrected chi connectivity index (χ2v) is 5.16. The first-order valence-electron chi connectivity index (χ1n) is 7.34. The Morgan fingerprint density at radius 2 is 2.00 bits per heavy atom. The highest BCUT2D eigenvalue weighted by atomic mass is 14.7. The number of H-pyrrole nitrogens is 1. The van der Waals surface area contributed by atoms with E-state index in [2.05, 4.69) is 63.0 Å². The number of aryl methyl sites for hydroxylation is 1. The number of fused-ring (bicyclic) bond motifs is 1. The second-order valence-electron chi connectivity index (χ2n) is 5.16. The number of allylic oxidation sites excluding steroid dienone is 4. The molecule has 1 aromatic heterocycles. The fraction of sp³-hybridized carbons (Fsp3) is 0.333. The van der Waals surface area contributed by atoms with Crippen LogP contribution in [0.15, 0.2) is 41.6 Å². The highest BCUT2D eigenvalue weighted by Crippen LogP contribution is 2.28. The largest absolute Gasteiger partial charge is 0.402 e. The summed E-state index contributed by atoms with van der Waals surface area (Å²) in [5.41, 5.74) is 13.2. The van der Waals surface area contributed by atoms with Gasteiger partial charge in [0.15, 0.2) is 0 Å². The molecule has 2 nitrogen and oxygen atoms in total. The summed E-state index contributed by atoms with van der Waals surface area (Å²) in [6, 6.07) is 8.80. The van der Waals surface area contributed by atoms with E-state index >= 15 is 0 Å². The van der Waals surface area contributed by atoms with Crippen LogP contribution in [-0.4, -0.2) is 4.98 Å². The lowest BCUT2D eigenvalue weighted by Crippen LogP contribution is -2.01. The number of benzene rings is 1. The van der Waals surface area contributed by atoms with Crippen molar-refractivity contribution in [3.05, 3.63) is 52.9 Å². The third-order valence-corrected chi connectivity index (χ3v) is 3.92. The van der Waals surface area contributed by atoms with Crippen molar-refractivity contribution in [2.24, 2.45) is 5.73 Å². The van der Waals surface area contributed by atoms with Gasteiger partial charge in [-0.25, -0.2) is 0 Å². The van der Waals surface area contributed by atoms with Crippen molar-refractivity contribution in [2.75, 3.05) is 0 Å². The normalized spacial score (nSPS) is 13.7. The van der Waals surface area contributed by atoms with E-state index in [-0.39, 0.29) is 0 Å².